The smallest absolute Gasteiger partial charge is 0.417 e. The van der Waals surface area contributed by atoms with Gasteiger partial charge in [-0.1, -0.05) is 117 Å². The van der Waals surface area contributed by atoms with Crippen molar-refractivity contribution >= 4 is 11.9 Å². The highest BCUT2D eigenvalue weighted by Crippen LogP contribution is 2.11. The van der Waals surface area contributed by atoms with Crippen molar-refractivity contribution in [1.29, 1.82) is 0 Å². The SMILES string of the molecule is CCCCCCCCN(CCCCCCCC)CCCCCCCC.COC(=O)C(=O)O. The van der Waals surface area contributed by atoms with E-state index in [0.717, 1.165) is 7.11 Å². The van der Waals surface area contributed by atoms with Gasteiger partial charge in [0.2, 0.25) is 0 Å². The Balaban J connectivity index is 0. The largest absolute Gasteiger partial charge is 0.473 e. The van der Waals surface area contributed by atoms with Crippen molar-refractivity contribution in [1.82, 2.24) is 4.90 Å². The Kier molecular flexibility index (Phi) is 28.9. The minimum atomic E-state index is -1.57. The van der Waals surface area contributed by atoms with E-state index in [4.69, 9.17) is 5.11 Å². The number of nitrogens with zero attached hydrogens (tertiary/aromatic N) is 1. The first-order valence-corrected chi connectivity index (χ1v) is 13.6. The number of aliphatic carboxylic acids is 1. The maximum atomic E-state index is 9.69. The molecule has 0 aliphatic heterocycles. The van der Waals surface area contributed by atoms with E-state index in [0.29, 0.717) is 0 Å². The number of carbonyl (C=O) groups is 2. The van der Waals surface area contributed by atoms with E-state index in [1.54, 1.807) is 0 Å². The fourth-order valence-electron chi connectivity index (χ4n) is 3.77. The second-order valence-electron chi connectivity index (χ2n) is 8.94. The van der Waals surface area contributed by atoms with Crippen molar-refractivity contribution in [2.24, 2.45) is 0 Å². The second-order valence-corrected chi connectivity index (χ2v) is 8.94. The lowest BCUT2D eigenvalue weighted by Crippen LogP contribution is -2.27. The highest BCUT2D eigenvalue weighted by Gasteiger charge is 2.08. The Labute approximate surface area is 199 Å². The van der Waals surface area contributed by atoms with Gasteiger partial charge in [0.25, 0.3) is 0 Å². The first kappa shape index (κ1) is 33.1. The number of carboxylic acids is 1. The molecule has 5 nitrogen and oxygen atoms in total. The van der Waals surface area contributed by atoms with E-state index in [9.17, 15) is 9.59 Å². The normalized spacial score (nSPS) is 10.7. The van der Waals surface area contributed by atoms with Crippen molar-refractivity contribution in [3.8, 4) is 0 Å². The van der Waals surface area contributed by atoms with E-state index >= 15 is 0 Å². The third kappa shape index (κ3) is 26.9. The maximum Gasteiger partial charge on any atom is 0.417 e. The van der Waals surface area contributed by atoms with E-state index in [-0.39, 0.29) is 0 Å². The summed E-state index contributed by atoms with van der Waals surface area (Å²) in [5.41, 5.74) is 0. The number of carbonyl (C=O) groups excluding carboxylic acids is 1. The summed E-state index contributed by atoms with van der Waals surface area (Å²) in [5.74, 6) is -2.80. The molecule has 0 radical (unpaired) electrons. The van der Waals surface area contributed by atoms with E-state index in [2.05, 4.69) is 30.4 Å². The van der Waals surface area contributed by atoms with Crippen LogP contribution in [0, 0.1) is 0 Å². The van der Waals surface area contributed by atoms with Crippen LogP contribution in [0.1, 0.15) is 136 Å². The average Bonchev–Trinajstić information content (AvgIpc) is 2.79. The maximum absolute atomic E-state index is 9.69. The van der Waals surface area contributed by atoms with Gasteiger partial charge in [-0.2, -0.15) is 0 Å². The van der Waals surface area contributed by atoms with Crippen LogP contribution in [0.15, 0.2) is 0 Å². The van der Waals surface area contributed by atoms with Gasteiger partial charge in [0.15, 0.2) is 0 Å². The van der Waals surface area contributed by atoms with Crippen LogP contribution < -0.4 is 0 Å². The molecule has 0 aliphatic carbocycles. The fraction of sp³-hybridized carbons (Fsp3) is 0.926. The zero-order valence-electron chi connectivity index (χ0n) is 22.0. The number of methoxy groups -OCH3 is 1. The predicted molar refractivity (Wildman–Crippen MR) is 136 cm³/mol. The minimum Gasteiger partial charge on any atom is -0.473 e. The average molecular weight is 458 g/mol. The van der Waals surface area contributed by atoms with E-state index < -0.39 is 11.9 Å². The summed E-state index contributed by atoms with van der Waals surface area (Å²) >= 11 is 0. The molecule has 32 heavy (non-hydrogen) atoms. The topological polar surface area (TPSA) is 66.8 Å². The molecule has 0 heterocycles. The van der Waals surface area contributed by atoms with Crippen LogP contribution in [-0.2, 0) is 14.3 Å². The Morgan fingerprint density at radius 1 is 0.562 bits per heavy atom. The van der Waals surface area contributed by atoms with Gasteiger partial charge in [-0.05, 0) is 38.9 Å². The number of ether oxygens (including phenoxy) is 1. The van der Waals surface area contributed by atoms with Crippen LogP contribution in [0.3, 0.4) is 0 Å². The summed E-state index contributed by atoms with van der Waals surface area (Å²) in [7, 11) is 1.01. The molecular formula is C27H55NO4. The van der Waals surface area contributed by atoms with Gasteiger partial charge in [0, 0.05) is 0 Å². The van der Waals surface area contributed by atoms with Crippen LogP contribution in [0.2, 0.25) is 0 Å². The third-order valence-electron chi connectivity index (χ3n) is 5.84. The van der Waals surface area contributed by atoms with Gasteiger partial charge in [0.1, 0.15) is 0 Å². The molecule has 0 spiro atoms. The summed E-state index contributed by atoms with van der Waals surface area (Å²) in [6, 6.07) is 0. The highest BCUT2D eigenvalue weighted by atomic mass is 16.5. The molecule has 0 aromatic heterocycles. The lowest BCUT2D eigenvalue weighted by atomic mass is 10.1. The number of hydrogen-bond acceptors (Lipinski definition) is 4. The predicted octanol–water partition coefficient (Wildman–Crippen LogP) is 7.61. The van der Waals surface area contributed by atoms with Gasteiger partial charge in [0.05, 0.1) is 7.11 Å². The molecule has 0 aromatic carbocycles. The molecular weight excluding hydrogens is 402 g/mol. The van der Waals surface area contributed by atoms with E-state index in [1.807, 2.05) is 0 Å². The highest BCUT2D eigenvalue weighted by molar-refractivity contribution is 6.28. The summed E-state index contributed by atoms with van der Waals surface area (Å²) in [5, 5.41) is 7.71. The second kappa shape index (κ2) is 27.9. The van der Waals surface area contributed by atoms with Gasteiger partial charge < -0.3 is 14.7 Å². The number of carboxylic acid groups (broad SMARTS) is 1. The van der Waals surface area contributed by atoms with Crippen molar-refractivity contribution in [2.45, 2.75) is 136 Å². The summed E-state index contributed by atoms with van der Waals surface area (Å²) in [6.07, 6.45) is 25.7. The monoisotopic (exact) mass is 457 g/mol. The van der Waals surface area contributed by atoms with Gasteiger partial charge in [-0.15, -0.1) is 0 Å². The molecule has 0 atom stereocenters. The summed E-state index contributed by atoms with van der Waals surface area (Å²) in [6.45, 7) is 11.0. The summed E-state index contributed by atoms with van der Waals surface area (Å²) < 4.78 is 3.77. The molecule has 0 aromatic rings. The third-order valence-corrected chi connectivity index (χ3v) is 5.84. The molecule has 0 rings (SSSR count). The molecule has 0 amide bonds. The van der Waals surface area contributed by atoms with Crippen molar-refractivity contribution in [3.63, 3.8) is 0 Å². The van der Waals surface area contributed by atoms with Crippen molar-refractivity contribution in [2.75, 3.05) is 26.7 Å². The van der Waals surface area contributed by atoms with Crippen LogP contribution in [-0.4, -0.2) is 48.7 Å². The molecule has 1 N–H and O–H groups in total. The number of unbranched alkanes of at least 4 members (excludes halogenated alkanes) is 15. The molecule has 5 heteroatoms. The molecule has 0 bridgehead atoms. The molecule has 192 valence electrons. The van der Waals surface area contributed by atoms with E-state index in [1.165, 1.54) is 135 Å². The number of hydrogen-bond donors (Lipinski definition) is 1. The minimum absolute atomic E-state index is 1.01. The quantitative estimate of drug-likeness (QED) is 0.109. The standard InChI is InChI=1S/C24H51N.C3H4O4/c1-4-7-10-13-16-19-22-25(23-20-17-14-11-8-5-2)24-21-18-15-12-9-6-3;1-7-3(6)2(4)5/h4-24H2,1-3H3;1H3,(H,4,5). The Morgan fingerprint density at radius 2 is 0.844 bits per heavy atom. The molecule has 0 saturated carbocycles. The van der Waals surface area contributed by atoms with Crippen LogP contribution in [0.5, 0.6) is 0 Å². The first-order valence-electron chi connectivity index (χ1n) is 13.6. The van der Waals surface area contributed by atoms with Crippen molar-refractivity contribution < 1.29 is 19.4 Å². The lowest BCUT2D eigenvalue weighted by Gasteiger charge is -2.22. The molecule has 0 unspecified atom stereocenters. The Morgan fingerprint density at radius 3 is 1.06 bits per heavy atom. The molecule has 0 fully saturated rings. The van der Waals surface area contributed by atoms with Gasteiger partial charge in [-0.3, -0.25) is 0 Å². The Hall–Kier alpha value is -1.10. The lowest BCUT2D eigenvalue weighted by molar-refractivity contribution is -0.161. The van der Waals surface area contributed by atoms with Crippen LogP contribution in [0.25, 0.3) is 0 Å². The van der Waals surface area contributed by atoms with Crippen molar-refractivity contribution in [3.05, 3.63) is 0 Å². The number of esters is 1. The summed E-state index contributed by atoms with van der Waals surface area (Å²) in [4.78, 5) is 21.9. The zero-order chi connectivity index (χ0) is 24.3. The van der Waals surface area contributed by atoms with Crippen LogP contribution >= 0.6 is 0 Å². The van der Waals surface area contributed by atoms with Crippen LogP contribution in [0.4, 0.5) is 0 Å². The fourth-order valence-corrected chi connectivity index (χ4v) is 3.77. The van der Waals surface area contributed by atoms with Gasteiger partial charge >= 0.3 is 11.9 Å². The number of rotatable bonds is 21. The zero-order valence-corrected chi connectivity index (χ0v) is 22.0. The molecule has 0 aliphatic rings. The molecule has 0 saturated heterocycles. The Bertz CT molecular complexity index is 363. The first-order chi connectivity index (χ1) is 15.5. The van der Waals surface area contributed by atoms with Gasteiger partial charge in [-0.25, -0.2) is 9.59 Å².